The van der Waals surface area contributed by atoms with Gasteiger partial charge in [0.15, 0.2) is 0 Å². The van der Waals surface area contributed by atoms with Gasteiger partial charge in [-0.3, -0.25) is 10.9 Å². The summed E-state index contributed by atoms with van der Waals surface area (Å²) in [6.07, 6.45) is 5.31. The standard InChI is InChI=1S/C11H26N2/c1-5-6-7-8-9-12-13-10-11(2,3)4/h12-13H,5-10H2,1-4H3. The van der Waals surface area contributed by atoms with Crippen LogP contribution in [0.5, 0.6) is 0 Å². The van der Waals surface area contributed by atoms with E-state index < -0.39 is 0 Å². The molecule has 2 nitrogen and oxygen atoms in total. The van der Waals surface area contributed by atoms with Crippen LogP contribution >= 0.6 is 0 Å². The summed E-state index contributed by atoms with van der Waals surface area (Å²) in [5, 5.41) is 0. The molecule has 0 aliphatic heterocycles. The van der Waals surface area contributed by atoms with Crippen molar-refractivity contribution in [3.63, 3.8) is 0 Å². The zero-order chi connectivity index (χ0) is 10.2. The Hall–Kier alpha value is -0.0800. The molecule has 0 heterocycles. The van der Waals surface area contributed by atoms with Crippen molar-refractivity contribution < 1.29 is 0 Å². The first kappa shape index (κ1) is 12.9. The number of hydrogen-bond donors (Lipinski definition) is 2. The second kappa shape index (κ2) is 7.34. The molecule has 0 amide bonds. The molecule has 0 spiro atoms. The van der Waals surface area contributed by atoms with Gasteiger partial charge < -0.3 is 0 Å². The summed E-state index contributed by atoms with van der Waals surface area (Å²) in [7, 11) is 0. The van der Waals surface area contributed by atoms with Gasteiger partial charge in [0.25, 0.3) is 0 Å². The molecule has 0 aromatic heterocycles. The van der Waals surface area contributed by atoms with Crippen molar-refractivity contribution in [3.8, 4) is 0 Å². The molecule has 0 aromatic rings. The van der Waals surface area contributed by atoms with E-state index in [0.29, 0.717) is 5.41 Å². The minimum Gasteiger partial charge on any atom is -0.258 e. The van der Waals surface area contributed by atoms with Crippen molar-refractivity contribution in [1.29, 1.82) is 0 Å². The van der Waals surface area contributed by atoms with Crippen molar-refractivity contribution in [2.75, 3.05) is 13.1 Å². The van der Waals surface area contributed by atoms with Crippen LogP contribution in [0.1, 0.15) is 53.4 Å². The van der Waals surface area contributed by atoms with Crippen molar-refractivity contribution in [2.24, 2.45) is 5.41 Å². The summed E-state index contributed by atoms with van der Waals surface area (Å²) in [6.45, 7) is 11.1. The first-order chi connectivity index (χ1) is 6.06. The fourth-order valence-electron chi connectivity index (χ4n) is 1.06. The lowest BCUT2D eigenvalue weighted by Crippen LogP contribution is -2.38. The predicted molar refractivity (Wildman–Crippen MR) is 59.6 cm³/mol. The molecule has 0 aromatic carbocycles. The van der Waals surface area contributed by atoms with Gasteiger partial charge in [-0.15, -0.1) is 0 Å². The van der Waals surface area contributed by atoms with Gasteiger partial charge in [-0.05, 0) is 11.8 Å². The largest absolute Gasteiger partial charge is 0.258 e. The molecule has 2 heteroatoms. The van der Waals surface area contributed by atoms with Gasteiger partial charge in [0.1, 0.15) is 0 Å². The highest BCUT2D eigenvalue weighted by molar-refractivity contribution is 4.62. The first-order valence-corrected chi connectivity index (χ1v) is 5.52. The van der Waals surface area contributed by atoms with E-state index in [1.807, 2.05) is 0 Å². The lowest BCUT2D eigenvalue weighted by atomic mass is 9.97. The van der Waals surface area contributed by atoms with E-state index in [0.717, 1.165) is 13.1 Å². The first-order valence-electron chi connectivity index (χ1n) is 5.52. The minimum atomic E-state index is 0.371. The second-order valence-corrected chi connectivity index (χ2v) is 4.90. The molecule has 0 radical (unpaired) electrons. The maximum Gasteiger partial charge on any atom is 0.0148 e. The average Bonchev–Trinajstić information content (AvgIpc) is 2.01. The van der Waals surface area contributed by atoms with Gasteiger partial charge in [0.05, 0.1) is 0 Å². The van der Waals surface area contributed by atoms with Crippen LogP contribution in [0, 0.1) is 5.41 Å². The number of hydrazine groups is 1. The number of hydrogen-bond acceptors (Lipinski definition) is 2. The van der Waals surface area contributed by atoms with Crippen LogP contribution in [-0.4, -0.2) is 13.1 Å². The quantitative estimate of drug-likeness (QED) is 0.472. The van der Waals surface area contributed by atoms with E-state index >= 15 is 0 Å². The molecule has 0 atom stereocenters. The van der Waals surface area contributed by atoms with Crippen LogP contribution in [0.4, 0.5) is 0 Å². The monoisotopic (exact) mass is 186 g/mol. The second-order valence-electron chi connectivity index (χ2n) is 4.90. The Kier molecular flexibility index (Phi) is 7.29. The summed E-state index contributed by atoms with van der Waals surface area (Å²) in [4.78, 5) is 0. The van der Waals surface area contributed by atoms with Crippen molar-refractivity contribution >= 4 is 0 Å². The Bertz CT molecular complexity index is 105. The molecule has 0 saturated carbocycles. The Morgan fingerprint density at radius 1 is 0.923 bits per heavy atom. The number of rotatable bonds is 7. The fourth-order valence-corrected chi connectivity index (χ4v) is 1.06. The van der Waals surface area contributed by atoms with E-state index in [4.69, 9.17) is 0 Å². The Morgan fingerprint density at radius 2 is 1.62 bits per heavy atom. The Balaban J connectivity index is 3.00. The zero-order valence-electron chi connectivity index (χ0n) is 9.74. The topological polar surface area (TPSA) is 24.1 Å². The van der Waals surface area contributed by atoms with Crippen LogP contribution in [0.15, 0.2) is 0 Å². The molecule has 13 heavy (non-hydrogen) atoms. The summed E-state index contributed by atoms with van der Waals surface area (Å²) in [6, 6.07) is 0. The third kappa shape index (κ3) is 11.9. The molecular formula is C11H26N2. The Labute approximate surface area is 83.5 Å². The SMILES string of the molecule is CCCCCCNNCC(C)(C)C. The molecule has 80 valence electrons. The summed E-state index contributed by atoms with van der Waals surface area (Å²) in [5.74, 6) is 0. The summed E-state index contributed by atoms with van der Waals surface area (Å²) in [5.41, 5.74) is 6.87. The van der Waals surface area contributed by atoms with Gasteiger partial charge >= 0.3 is 0 Å². The van der Waals surface area contributed by atoms with Crippen LogP contribution in [0.2, 0.25) is 0 Å². The van der Waals surface area contributed by atoms with Crippen molar-refractivity contribution in [3.05, 3.63) is 0 Å². The lowest BCUT2D eigenvalue weighted by molar-refractivity contribution is 0.347. The molecular weight excluding hydrogens is 160 g/mol. The van der Waals surface area contributed by atoms with Crippen LogP contribution in [0.25, 0.3) is 0 Å². The average molecular weight is 186 g/mol. The normalized spacial score (nSPS) is 12.0. The van der Waals surface area contributed by atoms with E-state index in [1.54, 1.807) is 0 Å². The third-order valence-electron chi connectivity index (χ3n) is 1.90. The molecule has 0 rings (SSSR count). The van der Waals surface area contributed by atoms with Crippen molar-refractivity contribution in [2.45, 2.75) is 53.4 Å². The van der Waals surface area contributed by atoms with Gasteiger partial charge in [0, 0.05) is 13.1 Å². The third-order valence-corrected chi connectivity index (χ3v) is 1.90. The number of unbranched alkanes of at least 4 members (excludes halogenated alkanes) is 3. The van der Waals surface area contributed by atoms with E-state index in [9.17, 15) is 0 Å². The molecule has 0 aliphatic rings. The maximum atomic E-state index is 3.25. The van der Waals surface area contributed by atoms with Crippen LogP contribution in [0.3, 0.4) is 0 Å². The highest BCUT2D eigenvalue weighted by atomic mass is 15.3. The van der Waals surface area contributed by atoms with Crippen molar-refractivity contribution in [1.82, 2.24) is 10.9 Å². The van der Waals surface area contributed by atoms with E-state index in [-0.39, 0.29) is 0 Å². The molecule has 0 fully saturated rings. The zero-order valence-corrected chi connectivity index (χ0v) is 9.74. The van der Waals surface area contributed by atoms with Crippen LogP contribution in [-0.2, 0) is 0 Å². The highest BCUT2D eigenvalue weighted by Crippen LogP contribution is 2.09. The molecule has 0 saturated heterocycles. The Morgan fingerprint density at radius 3 is 2.15 bits per heavy atom. The van der Waals surface area contributed by atoms with Gasteiger partial charge in [-0.25, -0.2) is 0 Å². The highest BCUT2D eigenvalue weighted by Gasteiger charge is 2.07. The molecule has 2 N–H and O–H groups in total. The summed E-state index contributed by atoms with van der Waals surface area (Å²) >= 11 is 0. The van der Waals surface area contributed by atoms with E-state index in [1.165, 1.54) is 25.7 Å². The van der Waals surface area contributed by atoms with Crippen LogP contribution < -0.4 is 10.9 Å². The lowest BCUT2D eigenvalue weighted by Gasteiger charge is -2.19. The summed E-state index contributed by atoms with van der Waals surface area (Å²) < 4.78 is 0. The van der Waals surface area contributed by atoms with Gasteiger partial charge in [-0.1, -0.05) is 47.0 Å². The number of nitrogens with one attached hydrogen (secondary N) is 2. The van der Waals surface area contributed by atoms with Gasteiger partial charge in [-0.2, -0.15) is 0 Å². The maximum absolute atomic E-state index is 3.25. The minimum absolute atomic E-state index is 0.371. The predicted octanol–water partition coefficient (Wildman–Crippen LogP) is 2.71. The van der Waals surface area contributed by atoms with E-state index in [2.05, 4.69) is 38.5 Å². The molecule has 0 unspecified atom stereocenters. The van der Waals surface area contributed by atoms with Gasteiger partial charge in [0.2, 0.25) is 0 Å². The fraction of sp³-hybridized carbons (Fsp3) is 1.00. The molecule has 0 bridgehead atoms. The smallest absolute Gasteiger partial charge is 0.0148 e. The molecule has 0 aliphatic carbocycles.